The van der Waals surface area contributed by atoms with E-state index in [2.05, 4.69) is 14.9 Å². The smallest absolute Gasteiger partial charge is 0.294 e. The van der Waals surface area contributed by atoms with Gasteiger partial charge in [0.05, 0.1) is 6.54 Å². The van der Waals surface area contributed by atoms with Gasteiger partial charge in [-0.3, -0.25) is 0 Å². The Bertz CT molecular complexity index is 314. The van der Waals surface area contributed by atoms with E-state index in [9.17, 15) is 10.1 Å². The first-order valence-electron chi connectivity index (χ1n) is 3.13. The Morgan fingerprint density at radius 1 is 1.62 bits per heavy atom. The van der Waals surface area contributed by atoms with Crippen molar-refractivity contribution in [1.82, 2.24) is 14.8 Å². The Morgan fingerprint density at radius 2 is 2.31 bits per heavy atom. The lowest BCUT2D eigenvalue weighted by atomic mass is 10.7. The number of hydrogen-bond acceptors (Lipinski definition) is 5. The summed E-state index contributed by atoms with van der Waals surface area (Å²) in [6, 6.07) is 0. The third-order valence-electron chi connectivity index (χ3n) is 1.10. The Labute approximate surface area is 82.3 Å². The van der Waals surface area contributed by atoms with Gasteiger partial charge in [-0.2, -0.15) is 4.98 Å². The van der Waals surface area contributed by atoms with Crippen molar-refractivity contribution in [1.29, 1.82) is 0 Å². The van der Waals surface area contributed by atoms with Gasteiger partial charge < -0.3 is 4.84 Å². The fourth-order valence-corrected chi connectivity index (χ4v) is 1.06. The van der Waals surface area contributed by atoms with Crippen LogP contribution in [0.3, 0.4) is 0 Å². The van der Waals surface area contributed by atoms with Crippen LogP contribution in [0.2, 0.25) is 10.6 Å². The monoisotopic (exact) mass is 226 g/mol. The molecule has 0 fully saturated rings. The van der Waals surface area contributed by atoms with Crippen LogP contribution < -0.4 is 0 Å². The Balaban J connectivity index is 2.45. The molecule has 1 aromatic rings. The van der Waals surface area contributed by atoms with Gasteiger partial charge in [0.1, 0.15) is 6.61 Å². The summed E-state index contributed by atoms with van der Waals surface area (Å²) in [6.45, 7) is -0.0219. The molecule has 0 amide bonds. The van der Waals surface area contributed by atoms with Crippen molar-refractivity contribution in [2.24, 2.45) is 0 Å². The molecule has 0 radical (unpaired) electrons. The summed E-state index contributed by atoms with van der Waals surface area (Å²) in [4.78, 5) is 17.4. The van der Waals surface area contributed by atoms with E-state index in [0.29, 0.717) is 0 Å². The Morgan fingerprint density at radius 3 is 2.77 bits per heavy atom. The first-order chi connectivity index (χ1) is 6.09. The molecule has 7 nitrogen and oxygen atoms in total. The molecule has 0 bridgehead atoms. The van der Waals surface area contributed by atoms with Crippen molar-refractivity contribution in [3.05, 3.63) is 20.7 Å². The van der Waals surface area contributed by atoms with Gasteiger partial charge in [-0.25, -0.2) is 4.68 Å². The molecule has 1 rings (SSSR count). The lowest BCUT2D eigenvalue weighted by Crippen LogP contribution is -2.10. The fraction of sp³-hybridized carbons (Fsp3) is 0.500. The summed E-state index contributed by atoms with van der Waals surface area (Å²) in [5, 5.41) is 12.6. The number of hydrogen-bond donors (Lipinski definition) is 0. The maximum absolute atomic E-state index is 9.76. The van der Waals surface area contributed by atoms with Gasteiger partial charge in [0, 0.05) is 0 Å². The van der Waals surface area contributed by atoms with Crippen LogP contribution >= 0.6 is 23.2 Å². The Kier molecular flexibility index (Phi) is 3.26. The van der Waals surface area contributed by atoms with Crippen LogP contribution in [0.4, 0.5) is 0 Å². The lowest BCUT2D eigenvalue weighted by Gasteiger charge is -1.99. The van der Waals surface area contributed by atoms with Gasteiger partial charge in [-0.05, 0) is 23.2 Å². The van der Waals surface area contributed by atoms with Crippen LogP contribution in [-0.4, -0.2) is 26.5 Å². The van der Waals surface area contributed by atoms with Crippen molar-refractivity contribution in [3.8, 4) is 0 Å². The van der Waals surface area contributed by atoms with Gasteiger partial charge >= 0.3 is 0 Å². The standard InChI is InChI=1S/C4H4Cl2N4O3/c5-3-7-4(6)9(8-3)1-2-13-10(11)12/h1-2H2. The van der Waals surface area contributed by atoms with Crippen molar-refractivity contribution in [3.63, 3.8) is 0 Å². The van der Waals surface area contributed by atoms with Crippen LogP contribution in [0.25, 0.3) is 0 Å². The predicted octanol–water partition coefficient (Wildman–Crippen LogP) is 0.793. The highest BCUT2D eigenvalue weighted by atomic mass is 35.5. The molecule has 0 spiro atoms. The normalized spacial score (nSPS) is 10.0. The summed E-state index contributed by atoms with van der Waals surface area (Å²) in [5.74, 6) is 0. The van der Waals surface area contributed by atoms with Crippen LogP contribution in [0.5, 0.6) is 0 Å². The number of aromatic nitrogens is 3. The predicted molar refractivity (Wildman–Crippen MR) is 43.0 cm³/mol. The molecule has 13 heavy (non-hydrogen) atoms. The summed E-state index contributed by atoms with van der Waals surface area (Å²) in [6.07, 6.45) is 0. The van der Waals surface area contributed by atoms with Crippen molar-refractivity contribution < 1.29 is 9.92 Å². The largest absolute Gasteiger partial charge is 0.312 e. The molecule has 0 atom stereocenters. The molecule has 0 saturated heterocycles. The molecule has 0 aromatic carbocycles. The molecule has 0 unspecified atom stereocenters. The van der Waals surface area contributed by atoms with Crippen molar-refractivity contribution in [2.45, 2.75) is 6.54 Å². The zero-order valence-corrected chi connectivity index (χ0v) is 7.70. The number of halogens is 2. The lowest BCUT2D eigenvalue weighted by molar-refractivity contribution is -0.758. The van der Waals surface area contributed by atoms with E-state index in [1.54, 1.807) is 0 Å². The molecule has 0 aliphatic heterocycles. The van der Waals surface area contributed by atoms with E-state index in [1.807, 2.05) is 0 Å². The highest BCUT2D eigenvalue weighted by molar-refractivity contribution is 6.31. The second-order valence-electron chi connectivity index (χ2n) is 1.93. The highest BCUT2D eigenvalue weighted by Crippen LogP contribution is 2.08. The third-order valence-corrected chi connectivity index (χ3v) is 1.54. The van der Waals surface area contributed by atoms with Crippen LogP contribution in [0.1, 0.15) is 0 Å². The Hall–Kier alpha value is -1.08. The first-order valence-corrected chi connectivity index (χ1v) is 3.88. The average molecular weight is 227 g/mol. The van der Waals surface area contributed by atoms with Crippen molar-refractivity contribution >= 4 is 23.2 Å². The molecule has 72 valence electrons. The number of rotatable bonds is 4. The van der Waals surface area contributed by atoms with E-state index in [0.717, 1.165) is 0 Å². The van der Waals surface area contributed by atoms with Gasteiger partial charge in [-0.15, -0.1) is 15.2 Å². The van der Waals surface area contributed by atoms with Gasteiger partial charge in [0.25, 0.3) is 5.09 Å². The number of nitrogens with zero attached hydrogens (tertiary/aromatic N) is 4. The fourth-order valence-electron chi connectivity index (χ4n) is 0.641. The molecule has 1 heterocycles. The maximum Gasteiger partial charge on any atom is 0.294 e. The van der Waals surface area contributed by atoms with Crippen LogP contribution in [0.15, 0.2) is 0 Å². The van der Waals surface area contributed by atoms with E-state index < -0.39 is 5.09 Å². The minimum absolute atomic E-state index is 0.00824. The zero-order valence-electron chi connectivity index (χ0n) is 6.18. The average Bonchev–Trinajstić information content (AvgIpc) is 2.29. The van der Waals surface area contributed by atoms with Crippen molar-refractivity contribution in [2.75, 3.05) is 6.61 Å². The van der Waals surface area contributed by atoms with Gasteiger partial charge in [-0.1, -0.05) is 0 Å². The molecular formula is C4H4Cl2N4O3. The van der Waals surface area contributed by atoms with E-state index >= 15 is 0 Å². The molecule has 9 heteroatoms. The molecule has 0 saturated carbocycles. The van der Waals surface area contributed by atoms with Crippen LogP contribution in [0, 0.1) is 10.1 Å². The molecule has 1 aromatic heterocycles. The van der Waals surface area contributed by atoms with E-state index in [4.69, 9.17) is 23.2 Å². The topological polar surface area (TPSA) is 83.1 Å². The summed E-state index contributed by atoms with van der Waals surface area (Å²) >= 11 is 10.9. The summed E-state index contributed by atoms with van der Waals surface area (Å²) in [7, 11) is 0. The van der Waals surface area contributed by atoms with E-state index in [-0.39, 0.29) is 23.7 Å². The molecule has 0 aliphatic rings. The highest BCUT2D eigenvalue weighted by Gasteiger charge is 2.05. The van der Waals surface area contributed by atoms with Gasteiger partial charge in [0.2, 0.25) is 10.6 Å². The van der Waals surface area contributed by atoms with Gasteiger partial charge in [0.15, 0.2) is 0 Å². The minimum atomic E-state index is -0.896. The maximum atomic E-state index is 9.76. The second-order valence-corrected chi connectivity index (χ2v) is 2.61. The summed E-state index contributed by atoms with van der Waals surface area (Å²) in [5.41, 5.74) is 0. The molecule has 0 N–H and O–H groups in total. The minimum Gasteiger partial charge on any atom is -0.312 e. The third kappa shape index (κ3) is 3.03. The second kappa shape index (κ2) is 4.24. The quantitative estimate of drug-likeness (QED) is 0.560. The zero-order chi connectivity index (χ0) is 9.84. The summed E-state index contributed by atoms with van der Waals surface area (Å²) < 4.78 is 1.20. The molecular weight excluding hydrogens is 223 g/mol. The van der Waals surface area contributed by atoms with Crippen LogP contribution in [-0.2, 0) is 11.4 Å². The SMILES string of the molecule is O=[N+]([O-])OCCn1nc(Cl)nc1Cl. The first kappa shape index (κ1) is 10.0. The van der Waals surface area contributed by atoms with E-state index in [1.165, 1.54) is 4.68 Å². The molecule has 0 aliphatic carbocycles.